The van der Waals surface area contributed by atoms with Gasteiger partial charge >= 0.3 is 0 Å². The molecule has 1 aromatic carbocycles. The first-order chi connectivity index (χ1) is 6.24. The Bertz CT molecular complexity index is 364. The van der Waals surface area contributed by atoms with Crippen LogP contribution in [-0.2, 0) is 0 Å². The van der Waals surface area contributed by atoms with Gasteiger partial charge in [0.25, 0.3) is 0 Å². The maximum Gasteiger partial charge on any atom is 0.181 e. The molecular weight excluding hydrogens is 160 g/mol. The van der Waals surface area contributed by atoms with Gasteiger partial charge in [-0.1, -0.05) is 31.2 Å². The summed E-state index contributed by atoms with van der Waals surface area (Å²) in [5.74, 6) is 0. The highest BCUT2D eigenvalue weighted by molar-refractivity contribution is 5.49. The van der Waals surface area contributed by atoms with Crippen molar-refractivity contribution >= 4 is 6.08 Å². The van der Waals surface area contributed by atoms with Crippen LogP contribution in [0.1, 0.15) is 24.5 Å². The van der Waals surface area contributed by atoms with E-state index in [1.807, 2.05) is 25.1 Å². The first-order valence-corrected chi connectivity index (χ1v) is 4.51. The average molecular weight is 174 g/mol. The van der Waals surface area contributed by atoms with E-state index in [1.165, 1.54) is 0 Å². The zero-order chi connectivity index (χ0) is 9.68. The number of rotatable bonds is 2. The zero-order valence-corrected chi connectivity index (χ0v) is 8.08. The molecule has 0 atom stereocenters. The summed E-state index contributed by atoms with van der Waals surface area (Å²) in [7, 11) is 0. The van der Waals surface area contributed by atoms with Crippen LogP contribution in [0.5, 0.6) is 0 Å². The van der Waals surface area contributed by atoms with E-state index in [2.05, 4.69) is 13.0 Å². The number of hydrogen-bond donors (Lipinski definition) is 0. The van der Waals surface area contributed by atoms with Crippen molar-refractivity contribution in [3.63, 3.8) is 0 Å². The third-order valence-corrected chi connectivity index (χ3v) is 1.85. The van der Waals surface area contributed by atoms with Gasteiger partial charge in [0.05, 0.1) is 0 Å². The molecule has 1 rings (SSSR count). The van der Waals surface area contributed by atoms with Crippen molar-refractivity contribution in [3.05, 3.63) is 51.7 Å². The minimum Gasteiger partial charge on any atom is -0.290 e. The van der Waals surface area contributed by atoms with E-state index in [9.17, 15) is 4.79 Å². The lowest BCUT2D eigenvalue weighted by Gasteiger charge is -1.86. The Labute approximate surface area is 78.7 Å². The van der Waals surface area contributed by atoms with E-state index < -0.39 is 0 Å². The van der Waals surface area contributed by atoms with Crippen LogP contribution in [0.3, 0.4) is 0 Å². The van der Waals surface area contributed by atoms with Crippen LogP contribution in [0.2, 0.25) is 0 Å². The number of allylic oxidation sites excluding steroid dienone is 1. The molecule has 0 fully saturated rings. The molecule has 0 heterocycles. The van der Waals surface area contributed by atoms with Gasteiger partial charge in [0, 0.05) is 0 Å². The Morgan fingerprint density at radius 1 is 1.38 bits per heavy atom. The molecule has 1 nitrogen and oxygen atoms in total. The van der Waals surface area contributed by atoms with Crippen molar-refractivity contribution in [1.29, 1.82) is 0 Å². The van der Waals surface area contributed by atoms with E-state index >= 15 is 0 Å². The van der Waals surface area contributed by atoms with Crippen LogP contribution < -0.4 is 5.43 Å². The second-order valence-electron chi connectivity index (χ2n) is 3.03. The third-order valence-electron chi connectivity index (χ3n) is 1.85. The molecule has 1 aromatic rings. The van der Waals surface area contributed by atoms with Gasteiger partial charge in [-0.05, 0) is 36.6 Å². The molecular formula is C12H14O. The summed E-state index contributed by atoms with van der Waals surface area (Å²) in [5, 5.41) is 0. The molecule has 0 saturated heterocycles. The monoisotopic (exact) mass is 174 g/mol. The van der Waals surface area contributed by atoms with Crippen LogP contribution in [0, 0.1) is 6.92 Å². The minimum absolute atomic E-state index is 0.0937. The standard InChI is InChI=1S/C12H14O/c1-3-4-6-11-7-5-8-12(13)10(2)9-11/h4-9H,3H2,1-2H3/b6-4+. The van der Waals surface area contributed by atoms with E-state index in [-0.39, 0.29) is 5.43 Å². The summed E-state index contributed by atoms with van der Waals surface area (Å²) in [6.07, 6.45) is 5.13. The summed E-state index contributed by atoms with van der Waals surface area (Å²) in [5.41, 5.74) is 1.97. The second-order valence-corrected chi connectivity index (χ2v) is 3.03. The Kier molecular flexibility index (Phi) is 3.44. The fourth-order valence-corrected chi connectivity index (χ4v) is 1.10. The van der Waals surface area contributed by atoms with Crippen LogP contribution in [-0.4, -0.2) is 0 Å². The van der Waals surface area contributed by atoms with Crippen LogP contribution >= 0.6 is 0 Å². The van der Waals surface area contributed by atoms with E-state index in [4.69, 9.17) is 0 Å². The van der Waals surface area contributed by atoms with Crippen molar-refractivity contribution in [1.82, 2.24) is 0 Å². The van der Waals surface area contributed by atoms with E-state index in [1.54, 1.807) is 12.1 Å². The van der Waals surface area contributed by atoms with Crippen LogP contribution in [0.25, 0.3) is 6.08 Å². The summed E-state index contributed by atoms with van der Waals surface area (Å²) < 4.78 is 0. The van der Waals surface area contributed by atoms with Crippen molar-refractivity contribution in [3.8, 4) is 0 Å². The molecule has 0 amide bonds. The molecule has 0 saturated carbocycles. The third kappa shape index (κ3) is 2.86. The molecule has 0 unspecified atom stereocenters. The Hall–Kier alpha value is -1.37. The molecule has 0 bridgehead atoms. The largest absolute Gasteiger partial charge is 0.290 e. The smallest absolute Gasteiger partial charge is 0.181 e. The lowest BCUT2D eigenvalue weighted by atomic mass is 10.2. The van der Waals surface area contributed by atoms with Crippen LogP contribution in [0.15, 0.2) is 35.1 Å². The molecule has 0 aliphatic heterocycles. The molecule has 1 heteroatoms. The van der Waals surface area contributed by atoms with Crippen molar-refractivity contribution in [2.24, 2.45) is 0 Å². The summed E-state index contributed by atoms with van der Waals surface area (Å²) in [6, 6.07) is 7.25. The van der Waals surface area contributed by atoms with Gasteiger partial charge in [0.2, 0.25) is 0 Å². The Morgan fingerprint density at radius 2 is 2.15 bits per heavy atom. The van der Waals surface area contributed by atoms with Gasteiger partial charge in [0.15, 0.2) is 5.43 Å². The highest BCUT2D eigenvalue weighted by Gasteiger charge is 1.89. The van der Waals surface area contributed by atoms with Gasteiger partial charge < -0.3 is 0 Å². The summed E-state index contributed by atoms with van der Waals surface area (Å²) >= 11 is 0. The summed E-state index contributed by atoms with van der Waals surface area (Å²) in [6.45, 7) is 3.93. The van der Waals surface area contributed by atoms with Crippen molar-refractivity contribution in [2.45, 2.75) is 20.3 Å². The van der Waals surface area contributed by atoms with Gasteiger partial charge in [-0.25, -0.2) is 0 Å². The highest BCUT2D eigenvalue weighted by Crippen LogP contribution is 2.01. The quantitative estimate of drug-likeness (QED) is 0.673. The topological polar surface area (TPSA) is 17.1 Å². The predicted molar refractivity (Wildman–Crippen MR) is 56.8 cm³/mol. The zero-order valence-electron chi connectivity index (χ0n) is 8.08. The molecule has 0 spiro atoms. The second kappa shape index (κ2) is 4.61. The molecule has 0 aliphatic rings. The summed E-state index contributed by atoms with van der Waals surface area (Å²) in [4.78, 5) is 11.2. The SMILES string of the molecule is CC/C=C/c1cccc(=O)c(C)c1. The Balaban J connectivity index is 3.13. The number of hydrogen-bond acceptors (Lipinski definition) is 1. The predicted octanol–water partition coefficient (Wildman–Crippen LogP) is 2.78. The molecule has 13 heavy (non-hydrogen) atoms. The molecule has 68 valence electrons. The van der Waals surface area contributed by atoms with E-state index in [0.717, 1.165) is 17.5 Å². The lowest BCUT2D eigenvalue weighted by Crippen LogP contribution is -1.96. The van der Waals surface area contributed by atoms with E-state index in [0.29, 0.717) is 0 Å². The normalized spacial score (nSPS) is 10.6. The van der Waals surface area contributed by atoms with Crippen molar-refractivity contribution < 1.29 is 0 Å². The molecule has 0 N–H and O–H groups in total. The van der Waals surface area contributed by atoms with Crippen LogP contribution in [0.4, 0.5) is 0 Å². The molecule has 0 aliphatic carbocycles. The first-order valence-electron chi connectivity index (χ1n) is 4.51. The Morgan fingerprint density at radius 3 is 2.85 bits per heavy atom. The first kappa shape index (κ1) is 9.72. The maximum absolute atomic E-state index is 11.2. The van der Waals surface area contributed by atoms with Gasteiger partial charge in [-0.3, -0.25) is 4.79 Å². The van der Waals surface area contributed by atoms with Gasteiger partial charge in [-0.15, -0.1) is 0 Å². The van der Waals surface area contributed by atoms with Gasteiger partial charge in [-0.2, -0.15) is 0 Å². The number of aryl methyl sites for hydroxylation is 1. The minimum atomic E-state index is 0.0937. The lowest BCUT2D eigenvalue weighted by molar-refractivity contribution is 1.23. The van der Waals surface area contributed by atoms with Gasteiger partial charge in [0.1, 0.15) is 0 Å². The molecule has 0 aromatic heterocycles. The fraction of sp³-hybridized carbons (Fsp3) is 0.250. The highest BCUT2D eigenvalue weighted by atomic mass is 16.1. The average Bonchev–Trinajstić information content (AvgIpc) is 2.26. The maximum atomic E-state index is 11.2. The van der Waals surface area contributed by atoms with Crippen molar-refractivity contribution in [2.75, 3.05) is 0 Å². The molecule has 0 radical (unpaired) electrons. The fourth-order valence-electron chi connectivity index (χ4n) is 1.10.